The third-order valence-electron chi connectivity index (χ3n) is 6.72. The van der Waals surface area contributed by atoms with Crippen LogP contribution in [0.1, 0.15) is 43.2 Å². The summed E-state index contributed by atoms with van der Waals surface area (Å²) in [6, 6.07) is 7.86. The summed E-state index contributed by atoms with van der Waals surface area (Å²) in [7, 11) is 2.34. The second kappa shape index (κ2) is 6.08. The molecule has 1 saturated heterocycles. The van der Waals surface area contributed by atoms with Gasteiger partial charge in [-0.15, -0.1) is 22.6 Å². The van der Waals surface area contributed by atoms with Gasteiger partial charge in [0.05, 0.1) is 0 Å². The van der Waals surface area contributed by atoms with Gasteiger partial charge in [0.25, 0.3) is 0 Å². The number of aromatic nitrogens is 2. The van der Waals surface area contributed by atoms with Crippen molar-refractivity contribution in [2.24, 2.45) is 5.92 Å². The molecule has 0 radical (unpaired) electrons. The molecule has 0 amide bonds. The lowest BCUT2D eigenvalue weighted by Gasteiger charge is -2.58. The van der Waals surface area contributed by atoms with E-state index in [0.29, 0.717) is 5.41 Å². The van der Waals surface area contributed by atoms with Gasteiger partial charge < -0.3 is 4.90 Å². The largest absolute Gasteiger partial charge is 0.303 e. The number of likely N-dealkylation sites (tertiary alicyclic amines) is 1. The van der Waals surface area contributed by atoms with E-state index >= 15 is 0 Å². The molecule has 3 aliphatic rings. The van der Waals surface area contributed by atoms with Crippen molar-refractivity contribution in [3.63, 3.8) is 0 Å². The Hall–Kier alpha value is -0.970. The first kappa shape index (κ1) is 16.5. The van der Waals surface area contributed by atoms with Crippen LogP contribution < -0.4 is 0 Å². The number of hydrogen-bond donors (Lipinski definition) is 0. The molecule has 2 aromatic rings. The summed E-state index contributed by atoms with van der Waals surface area (Å²) < 4.78 is 0. The van der Waals surface area contributed by atoms with Gasteiger partial charge >= 0.3 is 0 Å². The predicted molar refractivity (Wildman–Crippen MR) is 101 cm³/mol. The molecule has 5 rings (SSSR count). The van der Waals surface area contributed by atoms with Gasteiger partial charge in [0.15, 0.2) is 0 Å². The van der Waals surface area contributed by atoms with Gasteiger partial charge in [0.2, 0.25) is 0 Å². The fourth-order valence-corrected chi connectivity index (χ4v) is 6.18. The monoisotopic (exact) mass is 361 g/mol. The van der Waals surface area contributed by atoms with Crippen LogP contribution in [-0.2, 0) is 11.8 Å². The Morgan fingerprint density at radius 2 is 2.17 bits per heavy atom. The number of piperidine rings is 1. The molecule has 2 bridgehead atoms. The van der Waals surface area contributed by atoms with Gasteiger partial charge in [-0.05, 0) is 62.4 Å². The van der Waals surface area contributed by atoms with E-state index in [1.54, 1.807) is 22.5 Å². The molecule has 1 aromatic heterocycles. The molecule has 1 unspecified atom stereocenters. The highest BCUT2D eigenvalue weighted by Gasteiger charge is 2.52. The number of benzene rings is 1. The van der Waals surface area contributed by atoms with Crippen LogP contribution in [0.5, 0.6) is 0 Å². The molecular weight excluding hydrogens is 338 g/mol. The van der Waals surface area contributed by atoms with Crippen LogP contribution >= 0.6 is 23.7 Å². The third-order valence-corrected chi connectivity index (χ3v) is 7.46. The van der Waals surface area contributed by atoms with Gasteiger partial charge in [-0.25, -0.2) is 0 Å². The first-order valence-corrected chi connectivity index (χ1v) is 9.76. The zero-order valence-electron chi connectivity index (χ0n) is 14.1. The summed E-state index contributed by atoms with van der Waals surface area (Å²) in [6.45, 7) is 1.25. The number of hydrogen-bond acceptors (Lipinski definition) is 4. The van der Waals surface area contributed by atoms with Crippen molar-refractivity contribution < 1.29 is 0 Å². The van der Waals surface area contributed by atoms with Crippen molar-refractivity contribution in [2.75, 3.05) is 13.6 Å². The second-order valence-corrected chi connectivity index (χ2v) is 8.46. The van der Waals surface area contributed by atoms with Crippen LogP contribution in [0, 0.1) is 5.92 Å². The van der Waals surface area contributed by atoms with E-state index in [-0.39, 0.29) is 12.4 Å². The standard InChI is InChI=1S/C19H23N3S.ClH/c1-22-9-8-19-7-3-2-4-15(19)17(22)11-13-5-6-14(10-16(13)19)18-21-20-12-23-18;/h5-6,10,12,15,17H,2-4,7-9,11H2,1H3;1H/t15?,17-,19-;/m0./s1. The minimum atomic E-state index is 0. The number of rotatable bonds is 1. The molecule has 3 atom stereocenters. The van der Waals surface area contributed by atoms with E-state index < -0.39 is 0 Å². The van der Waals surface area contributed by atoms with Crippen LogP contribution in [0.25, 0.3) is 10.6 Å². The Balaban J connectivity index is 0.00000146. The molecule has 1 aliphatic heterocycles. The SMILES string of the molecule is CN1CC[C@@]23CCCCC2[C@@H]1Cc1ccc(-c2nncs2)cc13.Cl. The highest BCUT2D eigenvalue weighted by molar-refractivity contribution is 7.12. The Labute approximate surface area is 153 Å². The highest BCUT2D eigenvalue weighted by Crippen LogP contribution is 2.55. The summed E-state index contributed by atoms with van der Waals surface area (Å²) in [5.41, 5.74) is 6.78. The molecule has 2 heterocycles. The number of nitrogens with zero attached hydrogens (tertiary/aromatic N) is 3. The molecule has 128 valence electrons. The van der Waals surface area contributed by atoms with Crippen LogP contribution in [0.15, 0.2) is 23.7 Å². The molecule has 0 spiro atoms. The predicted octanol–water partition coefficient (Wildman–Crippen LogP) is 4.32. The fourth-order valence-electron chi connectivity index (χ4n) is 5.63. The first-order valence-electron chi connectivity index (χ1n) is 8.88. The molecule has 3 nitrogen and oxygen atoms in total. The van der Waals surface area contributed by atoms with Crippen LogP contribution in [0.3, 0.4) is 0 Å². The molecule has 1 aromatic carbocycles. The van der Waals surface area contributed by atoms with E-state index in [0.717, 1.165) is 17.0 Å². The van der Waals surface area contributed by atoms with Crippen molar-refractivity contribution in [2.45, 2.75) is 50.0 Å². The summed E-state index contributed by atoms with van der Waals surface area (Å²) in [5.74, 6) is 0.854. The van der Waals surface area contributed by atoms with Gasteiger partial charge in [-0.1, -0.05) is 36.3 Å². The van der Waals surface area contributed by atoms with E-state index in [2.05, 4.69) is 40.3 Å². The van der Waals surface area contributed by atoms with E-state index in [1.165, 1.54) is 50.6 Å². The topological polar surface area (TPSA) is 29.0 Å². The van der Waals surface area contributed by atoms with Gasteiger partial charge in [0, 0.05) is 17.0 Å². The smallest absolute Gasteiger partial charge is 0.147 e. The highest BCUT2D eigenvalue weighted by atomic mass is 35.5. The Morgan fingerprint density at radius 3 is 3.00 bits per heavy atom. The molecule has 5 heteroatoms. The summed E-state index contributed by atoms with van der Waals surface area (Å²) in [5, 5.41) is 9.38. The zero-order valence-corrected chi connectivity index (χ0v) is 15.7. The fraction of sp³-hybridized carbons (Fsp3) is 0.579. The molecule has 1 saturated carbocycles. The van der Waals surface area contributed by atoms with Crippen LogP contribution in [0.2, 0.25) is 0 Å². The molecular formula is C19H24ClN3S. The van der Waals surface area contributed by atoms with Crippen molar-refractivity contribution >= 4 is 23.7 Å². The minimum absolute atomic E-state index is 0. The van der Waals surface area contributed by atoms with Gasteiger partial charge in [-0.2, -0.15) is 0 Å². The lowest BCUT2D eigenvalue weighted by atomic mass is 9.52. The Kier molecular flexibility index (Phi) is 4.18. The molecule has 24 heavy (non-hydrogen) atoms. The maximum Gasteiger partial charge on any atom is 0.147 e. The van der Waals surface area contributed by atoms with Crippen LogP contribution in [-0.4, -0.2) is 34.7 Å². The van der Waals surface area contributed by atoms with Gasteiger partial charge in [0.1, 0.15) is 10.5 Å². The van der Waals surface area contributed by atoms with Crippen molar-refractivity contribution in [1.29, 1.82) is 0 Å². The summed E-state index contributed by atoms with van der Waals surface area (Å²) in [4.78, 5) is 2.63. The molecule has 0 N–H and O–H groups in total. The number of fused-ring (bicyclic) bond motifs is 1. The average Bonchev–Trinajstić information content (AvgIpc) is 3.12. The quantitative estimate of drug-likeness (QED) is 0.757. The lowest BCUT2D eigenvalue weighted by Crippen LogP contribution is -2.59. The number of halogens is 1. The molecule has 2 fully saturated rings. The second-order valence-electron chi connectivity index (χ2n) is 7.63. The van der Waals surface area contributed by atoms with E-state index in [4.69, 9.17) is 0 Å². The number of likely N-dealkylation sites (N-methyl/N-ethyl adjacent to an activating group) is 1. The maximum atomic E-state index is 4.29. The van der Waals surface area contributed by atoms with E-state index in [1.807, 2.05) is 5.51 Å². The first-order chi connectivity index (χ1) is 11.3. The Bertz CT molecular complexity index is 732. The zero-order chi connectivity index (χ0) is 15.4. The summed E-state index contributed by atoms with van der Waals surface area (Å²) >= 11 is 1.65. The summed E-state index contributed by atoms with van der Waals surface area (Å²) in [6.07, 6.45) is 8.18. The molecule has 2 aliphatic carbocycles. The average molecular weight is 362 g/mol. The Morgan fingerprint density at radius 1 is 1.25 bits per heavy atom. The van der Waals surface area contributed by atoms with Crippen molar-refractivity contribution in [3.8, 4) is 10.6 Å². The van der Waals surface area contributed by atoms with Gasteiger partial charge in [-0.3, -0.25) is 0 Å². The van der Waals surface area contributed by atoms with Crippen molar-refractivity contribution in [3.05, 3.63) is 34.8 Å². The van der Waals surface area contributed by atoms with Crippen LogP contribution in [0.4, 0.5) is 0 Å². The lowest BCUT2D eigenvalue weighted by molar-refractivity contribution is 0.00290. The third kappa shape index (κ3) is 2.27. The minimum Gasteiger partial charge on any atom is -0.303 e. The normalized spacial score (nSPS) is 31.7. The maximum absolute atomic E-state index is 4.29. The van der Waals surface area contributed by atoms with Crippen molar-refractivity contribution in [1.82, 2.24) is 15.1 Å². The van der Waals surface area contributed by atoms with E-state index in [9.17, 15) is 0 Å².